The van der Waals surface area contributed by atoms with Crippen molar-refractivity contribution < 1.29 is 9.47 Å². The van der Waals surface area contributed by atoms with Crippen LogP contribution >= 0.6 is 0 Å². The normalized spacial score (nSPS) is 10.8. The Morgan fingerprint density at radius 2 is 1.74 bits per heavy atom. The zero-order valence-corrected chi connectivity index (χ0v) is 13.4. The molecule has 3 aromatic rings. The number of methoxy groups -OCH3 is 2. The van der Waals surface area contributed by atoms with E-state index in [4.69, 9.17) is 9.47 Å². The van der Waals surface area contributed by atoms with Gasteiger partial charge in [-0.15, -0.1) is 0 Å². The van der Waals surface area contributed by atoms with Crippen LogP contribution in [0.5, 0.6) is 11.5 Å². The molecule has 2 heterocycles. The third kappa shape index (κ3) is 2.63. The molecule has 0 saturated heterocycles. The highest BCUT2D eigenvalue weighted by Crippen LogP contribution is 2.31. The molecule has 0 fully saturated rings. The third-order valence-corrected chi connectivity index (χ3v) is 3.66. The number of ether oxygens (including phenoxy) is 2. The van der Waals surface area contributed by atoms with Crippen LogP contribution in [0.1, 0.15) is 11.3 Å². The Morgan fingerprint density at radius 3 is 2.43 bits per heavy atom. The van der Waals surface area contributed by atoms with Gasteiger partial charge in [0.25, 0.3) is 5.56 Å². The summed E-state index contributed by atoms with van der Waals surface area (Å²) in [6, 6.07) is 7.22. The quantitative estimate of drug-likeness (QED) is 0.804. The van der Waals surface area contributed by atoms with Crippen molar-refractivity contribution in [1.29, 1.82) is 0 Å². The maximum atomic E-state index is 12.4. The first-order chi connectivity index (χ1) is 11.0. The summed E-state index contributed by atoms with van der Waals surface area (Å²) in [6.07, 6.45) is 0. The van der Waals surface area contributed by atoms with Crippen LogP contribution in [0.3, 0.4) is 0 Å². The van der Waals surface area contributed by atoms with E-state index in [2.05, 4.69) is 15.0 Å². The topological polar surface area (TPSA) is 77.1 Å². The van der Waals surface area contributed by atoms with Gasteiger partial charge in [-0.05, 0) is 43.7 Å². The lowest BCUT2D eigenvalue weighted by molar-refractivity contribution is 0.355. The molecular formula is C17H17N3O3. The fourth-order valence-corrected chi connectivity index (χ4v) is 2.60. The molecule has 0 saturated carbocycles. The first-order valence-corrected chi connectivity index (χ1v) is 7.14. The Morgan fingerprint density at radius 1 is 1.00 bits per heavy atom. The van der Waals surface area contributed by atoms with Gasteiger partial charge in [0, 0.05) is 11.3 Å². The minimum atomic E-state index is -0.204. The lowest BCUT2D eigenvalue weighted by atomic mass is 10.1. The number of nitrogens with zero attached hydrogens (tertiary/aromatic N) is 2. The van der Waals surface area contributed by atoms with Crippen LogP contribution in [0.15, 0.2) is 29.1 Å². The van der Waals surface area contributed by atoms with Crippen molar-refractivity contribution in [1.82, 2.24) is 15.0 Å². The molecule has 0 radical (unpaired) electrons. The summed E-state index contributed by atoms with van der Waals surface area (Å²) in [7, 11) is 3.13. The van der Waals surface area contributed by atoms with Gasteiger partial charge in [-0.2, -0.15) is 0 Å². The molecule has 2 aromatic heterocycles. The summed E-state index contributed by atoms with van der Waals surface area (Å²) in [4.78, 5) is 24.1. The lowest BCUT2D eigenvalue weighted by Gasteiger charge is -2.10. The van der Waals surface area contributed by atoms with E-state index in [-0.39, 0.29) is 5.56 Å². The number of fused-ring (bicyclic) bond motifs is 1. The number of aromatic amines is 1. The van der Waals surface area contributed by atoms with E-state index in [1.54, 1.807) is 26.4 Å². The molecule has 6 heteroatoms. The Balaban J connectivity index is 2.23. The largest absolute Gasteiger partial charge is 0.493 e. The number of aryl methyl sites for hydroxylation is 2. The summed E-state index contributed by atoms with van der Waals surface area (Å²) >= 11 is 0. The van der Waals surface area contributed by atoms with Gasteiger partial charge < -0.3 is 14.5 Å². The van der Waals surface area contributed by atoms with Gasteiger partial charge >= 0.3 is 0 Å². The number of benzene rings is 1. The van der Waals surface area contributed by atoms with Crippen molar-refractivity contribution in [2.75, 3.05) is 14.2 Å². The fourth-order valence-electron chi connectivity index (χ4n) is 2.60. The average molecular weight is 311 g/mol. The molecule has 0 aliphatic heterocycles. The van der Waals surface area contributed by atoms with Crippen molar-refractivity contribution in [3.05, 3.63) is 45.9 Å². The number of hydrogen-bond acceptors (Lipinski definition) is 5. The van der Waals surface area contributed by atoms with Gasteiger partial charge in [0.05, 0.1) is 19.6 Å². The molecule has 118 valence electrons. The summed E-state index contributed by atoms with van der Waals surface area (Å²) < 4.78 is 10.5. The van der Waals surface area contributed by atoms with E-state index >= 15 is 0 Å². The van der Waals surface area contributed by atoms with E-state index < -0.39 is 0 Å². The van der Waals surface area contributed by atoms with Crippen LogP contribution in [-0.2, 0) is 0 Å². The number of hydrogen-bond donors (Lipinski definition) is 1. The second kappa shape index (κ2) is 5.72. The van der Waals surface area contributed by atoms with Gasteiger partial charge in [0.2, 0.25) is 0 Å². The number of H-pyrrole nitrogens is 1. The van der Waals surface area contributed by atoms with Crippen LogP contribution in [-0.4, -0.2) is 29.2 Å². The number of pyridine rings is 1. The van der Waals surface area contributed by atoms with Crippen molar-refractivity contribution >= 4 is 11.0 Å². The average Bonchev–Trinajstić information content (AvgIpc) is 2.52. The highest BCUT2D eigenvalue weighted by atomic mass is 16.5. The molecule has 1 aromatic carbocycles. The van der Waals surface area contributed by atoms with Gasteiger partial charge in [-0.25, -0.2) is 9.97 Å². The summed E-state index contributed by atoms with van der Waals surface area (Å²) in [5.41, 5.74) is 2.65. The predicted molar refractivity (Wildman–Crippen MR) is 88.2 cm³/mol. The fraction of sp³-hybridized carbons (Fsp3) is 0.235. The van der Waals surface area contributed by atoms with Crippen LogP contribution in [0.2, 0.25) is 0 Å². The monoisotopic (exact) mass is 311 g/mol. The van der Waals surface area contributed by atoms with Crippen LogP contribution in [0.25, 0.3) is 22.4 Å². The lowest BCUT2D eigenvalue weighted by Crippen LogP contribution is -2.12. The Kier molecular flexibility index (Phi) is 3.73. The molecule has 0 aliphatic rings. The molecule has 0 amide bonds. The van der Waals surface area contributed by atoms with E-state index in [1.807, 2.05) is 26.0 Å². The van der Waals surface area contributed by atoms with E-state index in [0.29, 0.717) is 28.4 Å². The van der Waals surface area contributed by atoms with Gasteiger partial charge in [0.1, 0.15) is 5.82 Å². The summed E-state index contributed by atoms with van der Waals surface area (Å²) in [5, 5.41) is 0.514. The smallest absolute Gasteiger partial charge is 0.260 e. The summed E-state index contributed by atoms with van der Waals surface area (Å²) in [5.74, 6) is 1.63. The Labute approximate surface area is 133 Å². The maximum absolute atomic E-state index is 12.4. The number of aromatic nitrogens is 3. The summed E-state index contributed by atoms with van der Waals surface area (Å²) in [6.45, 7) is 3.76. The second-order valence-electron chi connectivity index (χ2n) is 5.26. The molecule has 0 atom stereocenters. The van der Waals surface area contributed by atoms with Crippen molar-refractivity contribution in [3.63, 3.8) is 0 Å². The molecule has 3 rings (SSSR count). The molecule has 0 aliphatic carbocycles. The zero-order valence-electron chi connectivity index (χ0n) is 13.4. The maximum Gasteiger partial charge on any atom is 0.260 e. The van der Waals surface area contributed by atoms with Crippen molar-refractivity contribution in [3.8, 4) is 22.9 Å². The van der Waals surface area contributed by atoms with E-state index in [9.17, 15) is 4.79 Å². The molecule has 0 spiro atoms. The zero-order chi connectivity index (χ0) is 16.6. The van der Waals surface area contributed by atoms with E-state index in [1.165, 1.54) is 0 Å². The second-order valence-corrected chi connectivity index (χ2v) is 5.26. The highest BCUT2D eigenvalue weighted by molar-refractivity contribution is 5.79. The van der Waals surface area contributed by atoms with Gasteiger partial charge in [-0.3, -0.25) is 4.79 Å². The third-order valence-electron chi connectivity index (χ3n) is 3.66. The molecule has 1 N–H and O–H groups in total. The highest BCUT2D eigenvalue weighted by Gasteiger charge is 2.12. The predicted octanol–water partition coefficient (Wildman–Crippen LogP) is 2.62. The molecule has 0 bridgehead atoms. The van der Waals surface area contributed by atoms with E-state index in [0.717, 1.165) is 16.8 Å². The first-order valence-electron chi connectivity index (χ1n) is 7.14. The Bertz CT molecular complexity index is 948. The molecule has 6 nitrogen and oxygen atoms in total. The molecule has 23 heavy (non-hydrogen) atoms. The van der Waals surface area contributed by atoms with Crippen LogP contribution in [0, 0.1) is 13.8 Å². The van der Waals surface area contributed by atoms with Gasteiger partial charge in [0.15, 0.2) is 17.1 Å². The number of nitrogens with one attached hydrogen (secondary N) is 1. The van der Waals surface area contributed by atoms with Crippen molar-refractivity contribution in [2.45, 2.75) is 13.8 Å². The molecular weight excluding hydrogens is 294 g/mol. The minimum Gasteiger partial charge on any atom is -0.493 e. The Hall–Kier alpha value is -2.89. The van der Waals surface area contributed by atoms with Crippen LogP contribution in [0.4, 0.5) is 0 Å². The minimum absolute atomic E-state index is 0.204. The standard InChI is InChI=1S/C17H17N3O3/c1-9-7-10(2)18-16-14(9)17(21)20-15(19-16)11-5-6-12(22-3)13(8-11)23-4/h5-8H,1-4H3,(H,18,19,20,21). The first kappa shape index (κ1) is 15.0. The number of rotatable bonds is 3. The molecule has 0 unspecified atom stereocenters. The van der Waals surface area contributed by atoms with Gasteiger partial charge in [-0.1, -0.05) is 0 Å². The SMILES string of the molecule is COc1ccc(-c2nc3nc(C)cc(C)c3c(=O)[nH]2)cc1OC. The van der Waals surface area contributed by atoms with Crippen molar-refractivity contribution in [2.24, 2.45) is 0 Å². The van der Waals surface area contributed by atoms with Crippen LogP contribution < -0.4 is 15.0 Å².